The average Bonchev–Trinajstić information content (AvgIpc) is 3.16. The fraction of sp³-hybridized carbons (Fsp3) is 0.368. The molecule has 0 aliphatic carbocycles. The number of benzene rings is 1. The molecule has 2 aromatic rings. The van der Waals surface area contributed by atoms with Gasteiger partial charge in [-0.1, -0.05) is 12.1 Å². The topological polar surface area (TPSA) is 101 Å². The standard InChI is InChI=1S/C19H17BrN6/c20-17-12(8-21)2-1-3-13(17)16-14(9-22)18(11-4-6-23-7-5-11)25-19-15(16)10-24-26-19/h1-3,10-11,14,16,23H,4-7H2,(H,24,26). The van der Waals surface area contributed by atoms with Crippen molar-refractivity contribution >= 4 is 27.5 Å². The van der Waals surface area contributed by atoms with Crippen molar-refractivity contribution < 1.29 is 0 Å². The molecule has 0 spiro atoms. The SMILES string of the molecule is N#Cc1cccc(C2c3cn[nH]c3N=C(C3CCNCC3)C2C#N)c1Br. The summed E-state index contributed by atoms with van der Waals surface area (Å²) < 4.78 is 0.742. The summed E-state index contributed by atoms with van der Waals surface area (Å²) in [5.74, 6) is 0.453. The molecule has 1 aromatic carbocycles. The molecule has 2 aliphatic heterocycles. The zero-order chi connectivity index (χ0) is 18.1. The molecule has 2 unspecified atom stereocenters. The molecular formula is C19H17BrN6. The summed E-state index contributed by atoms with van der Waals surface area (Å²) in [5.41, 5.74) is 3.34. The van der Waals surface area contributed by atoms with Crippen molar-refractivity contribution in [2.45, 2.75) is 18.8 Å². The van der Waals surface area contributed by atoms with Crippen LogP contribution in [0.15, 0.2) is 33.9 Å². The van der Waals surface area contributed by atoms with Crippen LogP contribution in [0.3, 0.4) is 0 Å². The van der Waals surface area contributed by atoms with Gasteiger partial charge in [-0.25, -0.2) is 4.99 Å². The predicted octanol–water partition coefficient (Wildman–Crippen LogP) is 3.40. The van der Waals surface area contributed by atoms with Gasteiger partial charge in [0.25, 0.3) is 0 Å². The van der Waals surface area contributed by atoms with Crippen molar-refractivity contribution in [3.05, 3.63) is 45.6 Å². The van der Waals surface area contributed by atoms with Gasteiger partial charge < -0.3 is 5.32 Å². The lowest BCUT2D eigenvalue weighted by atomic mass is 9.73. The summed E-state index contributed by atoms with van der Waals surface area (Å²) in [5, 5.41) is 29.9. The lowest BCUT2D eigenvalue weighted by molar-refractivity contribution is 0.443. The van der Waals surface area contributed by atoms with Crippen LogP contribution in [0.25, 0.3) is 0 Å². The Hall–Kier alpha value is -2.48. The van der Waals surface area contributed by atoms with Gasteiger partial charge in [0.1, 0.15) is 6.07 Å². The monoisotopic (exact) mass is 408 g/mol. The van der Waals surface area contributed by atoms with E-state index in [0.717, 1.165) is 53.1 Å². The highest BCUT2D eigenvalue weighted by atomic mass is 79.9. The first kappa shape index (κ1) is 17.0. The first-order valence-electron chi connectivity index (χ1n) is 8.65. The van der Waals surface area contributed by atoms with Crippen LogP contribution in [-0.4, -0.2) is 29.0 Å². The van der Waals surface area contributed by atoms with E-state index in [-0.39, 0.29) is 17.8 Å². The molecule has 2 aliphatic rings. The molecule has 130 valence electrons. The van der Waals surface area contributed by atoms with E-state index in [1.165, 1.54) is 0 Å². The number of nitriles is 2. The lowest BCUT2D eigenvalue weighted by Gasteiger charge is -2.33. The van der Waals surface area contributed by atoms with E-state index < -0.39 is 0 Å². The van der Waals surface area contributed by atoms with Gasteiger partial charge in [0.2, 0.25) is 0 Å². The Labute approximate surface area is 160 Å². The summed E-state index contributed by atoms with van der Waals surface area (Å²) in [7, 11) is 0. The molecule has 4 rings (SSSR count). The van der Waals surface area contributed by atoms with Gasteiger partial charge in [-0.05, 0) is 53.5 Å². The molecular weight excluding hydrogens is 392 g/mol. The minimum atomic E-state index is -0.367. The number of hydrogen-bond donors (Lipinski definition) is 2. The number of rotatable bonds is 2. The predicted molar refractivity (Wildman–Crippen MR) is 101 cm³/mol. The van der Waals surface area contributed by atoms with Crippen molar-refractivity contribution in [3.8, 4) is 12.1 Å². The van der Waals surface area contributed by atoms with Crippen molar-refractivity contribution in [3.63, 3.8) is 0 Å². The molecule has 2 N–H and O–H groups in total. The van der Waals surface area contributed by atoms with Crippen LogP contribution in [0.5, 0.6) is 0 Å². The Balaban J connectivity index is 1.86. The summed E-state index contributed by atoms with van der Waals surface area (Å²) in [6.07, 6.45) is 3.71. The highest BCUT2D eigenvalue weighted by Crippen LogP contribution is 2.45. The quantitative estimate of drug-likeness (QED) is 0.794. The smallest absolute Gasteiger partial charge is 0.151 e. The second-order valence-corrected chi connectivity index (χ2v) is 7.43. The molecule has 26 heavy (non-hydrogen) atoms. The van der Waals surface area contributed by atoms with Crippen molar-refractivity contribution in [2.24, 2.45) is 16.8 Å². The van der Waals surface area contributed by atoms with Crippen molar-refractivity contribution in [1.29, 1.82) is 10.5 Å². The maximum Gasteiger partial charge on any atom is 0.151 e. The summed E-state index contributed by atoms with van der Waals surface area (Å²) in [4.78, 5) is 4.80. The second-order valence-electron chi connectivity index (χ2n) is 6.64. The molecule has 1 saturated heterocycles. The van der Waals surface area contributed by atoms with Gasteiger partial charge in [0.15, 0.2) is 5.82 Å². The van der Waals surface area contributed by atoms with Gasteiger partial charge in [-0.3, -0.25) is 5.10 Å². The van der Waals surface area contributed by atoms with E-state index in [1.54, 1.807) is 12.3 Å². The third kappa shape index (κ3) is 2.74. The van der Waals surface area contributed by atoms with Gasteiger partial charge >= 0.3 is 0 Å². The van der Waals surface area contributed by atoms with Crippen LogP contribution >= 0.6 is 15.9 Å². The Kier molecular flexibility index (Phi) is 4.58. The van der Waals surface area contributed by atoms with Crippen molar-refractivity contribution in [1.82, 2.24) is 15.5 Å². The van der Waals surface area contributed by atoms with Crippen LogP contribution in [0, 0.1) is 34.5 Å². The lowest BCUT2D eigenvalue weighted by Crippen LogP contribution is -2.37. The van der Waals surface area contributed by atoms with Crippen LogP contribution in [0.4, 0.5) is 5.82 Å². The number of aromatic nitrogens is 2. The van der Waals surface area contributed by atoms with Crippen LogP contribution in [0.1, 0.15) is 35.4 Å². The fourth-order valence-corrected chi connectivity index (χ4v) is 4.58. The molecule has 0 bridgehead atoms. The Morgan fingerprint density at radius 3 is 2.69 bits per heavy atom. The van der Waals surface area contributed by atoms with E-state index >= 15 is 0 Å². The van der Waals surface area contributed by atoms with E-state index in [0.29, 0.717) is 5.56 Å². The number of halogens is 1. The first-order valence-corrected chi connectivity index (χ1v) is 9.44. The van der Waals surface area contributed by atoms with Gasteiger partial charge in [0, 0.05) is 27.6 Å². The van der Waals surface area contributed by atoms with Crippen LogP contribution < -0.4 is 5.32 Å². The van der Waals surface area contributed by atoms with Crippen LogP contribution in [-0.2, 0) is 0 Å². The fourth-order valence-electron chi connectivity index (χ4n) is 3.98. The van der Waals surface area contributed by atoms with Gasteiger partial charge in [-0.2, -0.15) is 15.6 Å². The number of H-pyrrole nitrogens is 1. The summed E-state index contributed by atoms with van der Waals surface area (Å²) in [6.45, 7) is 1.88. The minimum Gasteiger partial charge on any atom is -0.317 e. The molecule has 0 radical (unpaired) electrons. The van der Waals surface area contributed by atoms with Crippen LogP contribution in [0.2, 0.25) is 0 Å². The Morgan fingerprint density at radius 1 is 1.15 bits per heavy atom. The van der Waals surface area contributed by atoms with E-state index in [4.69, 9.17) is 4.99 Å². The third-order valence-corrected chi connectivity index (χ3v) is 6.14. The van der Waals surface area contributed by atoms with Gasteiger partial charge in [0.05, 0.1) is 23.7 Å². The summed E-state index contributed by atoms with van der Waals surface area (Å²) in [6, 6.07) is 10.3. The highest BCUT2D eigenvalue weighted by Gasteiger charge is 2.40. The largest absolute Gasteiger partial charge is 0.317 e. The maximum atomic E-state index is 10.0. The zero-order valence-corrected chi connectivity index (χ0v) is 15.6. The van der Waals surface area contributed by atoms with E-state index in [2.05, 4.69) is 43.6 Å². The number of fused-ring (bicyclic) bond motifs is 1. The molecule has 2 atom stereocenters. The first-order chi connectivity index (χ1) is 12.7. The number of aliphatic imine (C=N–C) groups is 1. The Morgan fingerprint density at radius 2 is 1.96 bits per heavy atom. The molecule has 1 aromatic heterocycles. The number of aromatic amines is 1. The molecule has 7 heteroatoms. The van der Waals surface area contributed by atoms with Gasteiger partial charge in [-0.15, -0.1) is 0 Å². The molecule has 1 fully saturated rings. The molecule has 0 amide bonds. The number of hydrogen-bond acceptors (Lipinski definition) is 5. The molecule has 3 heterocycles. The zero-order valence-electron chi connectivity index (χ0n) is 14.0. The number of piperidine rings is 1. The maximum absolute atomic E-state index is 10.0. The number of nitrogens with one attached hydrogen (secondary N) is 2. The van der Waals surface area contributed by atoms with Crippen molar-refractivity contribution in [2.75, 3.05) is 13.1 Å². The number of nitrogens with zero attached hydrogens (tertiary/aromatic N) is 4. The summed E-state index contributed by atoms with van der Waals surface area (Å²) >= 11 is 3.58. The second kappa shape index (κ2) is 7.03. The average molecular weight is 409 g/mol. The highest BCUT2D eigenvalue weighted by molar-refractivity contribution is 9.10. The Bertz CT molecular complexity index is 942. The van der Waals surface area contributed by atoms with E-state index in [1.807, 2.05) is 12.1 Å². The minimum absolute atomic E-state index is 0.196. The normalized spacial score (nSPS) is 22.8. The van der Waals surface area contributed by atoms with E-state index in [9.17, 15) is 10.5 Å². The third-order valence-electron chi connectivity index (χ3n) is 5.26. The molecule has 6 nitrogen and oxygen atoms in total. The molecule has 0 saturated carbocycles.